The van der Waals surface area contributed by atoms with E-state index in [1.165, 1.54) is 37.6 Å². The summed E-state index contributed by atoms with van der Waals surface area (Å²) >= 11 is 0. The molecular formula is C26H18F4N4O6S. The topological polar surface area (TPSA) is 145 Å². The van der Waals surface area contributed by atoms with E-state index in [1.807, 2.05) is 0 Å². The van der Waals surface area contributed by atoms with Crippen LogP contribution in [0.4, 0.5) is 23.4 Å². The Morgan fingerprint density at radius 2 is 1.76 bits per heavy atom. The fourth-order valence-electron chi connectivity index (χ4n) is 3.63. The van der Waals surface area contributed by atoms with Gasteiger partial charge in [0.25, 0.3) is 10.0 Å². The number of anilines is 1. The van der Waals surface area contributed by atoms with Crippen LogP contribution in [0.2, 0.25) is 0 Å². The number of fused-ring (bicyclic) bond motifs is 1. The number of pyridine rings is 2. The summed E-state index contributed by atoms with van der Waals surface area (Å²) in [6.45, 7) is 0. The molecule has 10 nitrogen and oxygen atoms in total. The van der Waals surface area contributed by atoms with Crippen molar-refractivity contribution in [2.75, 3.05) is 11.8 Å². The predicted octanol–water partition coefficient (Wildman–Crippen LogP) is 5.53. The molecule has 212 valence electrons. The Labute approximate surface area is 229 Å². The second kappa shape index (κ2) is 11.6. The molecule has 0 saturated heterocycles. The predicted molar refractivity (Wildman–Crippen MR) is 138 cm³/mol. The molecule has 0 aliphatic heterocycles. The lowest BCUT2D eigenvalue weighted by Crippen LogP contribution is -2.21. The van der Waals surface area contributed by atoms with Crippen molar-refractivity contribution in [2.45, 2.75) is 11.1 Å². The largest absolute Gasteiger partial charge is 0.496 e. The van der Waals surface area contributed by atoms with Crippen LogP contribution in [0.1, 0.15) is 0 Å². The van der Waals surface area contributed by atoms with Crippen molar-refractivity contribution in [1.29, 1.82) is 0 Å². The van der Waals surface area contributed by atoms with Gasteiger partial charge in [-0.2, -0.15) is 13.2 Å². The second-order valence-corrected chi connectivity index (χ2v) is 9.77. The Hall–Kier alpha value is -5.05. The fraction of sp³-hybridized carbons (Fsp3) is 0.0769. The zero-order chi connectivity index (χ0) is 29.8. The summed E-state index contributed by atoms with van der Waals surface area (Å²) in [4.78, 5) is 17.7. The molecule has 3 heterocycles. The van der Waals surface area contributed by atoms with E-state index in [0.717, 1.165) is 0 Å². The van der Waals surface area contributed by atoms with Crippen molar-refractivity contribution in [3.63, 3.8) is 0 Å². The maximum atomic E-state index is 14.8. The number of sulfonamides is 1. The molecule has 41 heavy (non-hydrogen) atoms. The minimum Gasteiger partial charge on any atom is -0.496 e. The minimum absolute atomic E-state index is 0.0420. The standard InChI is InChI=1S/C24H17FN4O4S.C2HF3O2/c1-32-22-14-20(25)18(21-4-2-3-9-26-21)13-19(22)24-17-6-5-16(12-15(17)7-10-27-24)34(30,31)29-23-8-11-33-28-23;3-2(4,5)1(6)7/h2-14H,1H3,(H,28,29);(H,6,7). The number of carbonyl (C=O) groups is 1. The van der Waals surface area contributed by atoms with E-state index in [9.17, 15) is 26.0 Å². The Balaban J connectivity index is 0.000000493. The molecule has 0 bridgehead atoms. The molecule has 15 heteroatoms. The summed E-state index contributed by atoms with van der Waals surface area (Å²) in [7, 11) is -2.44. The van der Waals surface area contributed by atoms with Gasteiger partial charge in [0, 0.05) is 41.0 Å². The molecule has 0 aliphatic rings. The summed E-state index contributed by atoms with van der Waals surface area (Å²) < 4.78 is 84.6. The number of nitrogens with zero attached hydrogens (tertiary/aromatic N) is 3. The van der Waals surface area contributed by atoms with Gasteiger partial charge in [-0.25, -0.2) is 17.6 Å². The van der Waals surface area contributed by atoms with Crippen molar-refractivity contribution in [3.8, 4) is 28.3 Å². The lowest BCUT2D eigenvalue weighted by Gasteiger charge is -2.14. The first-order chi connectivity index (χ1) is 19.4. The molecule has 5 rings (SSSR count). The van der Waals surface area contributed by atoms with Crippen LogP contribution >= 0.6 is 0 Å². The van der Waals surface area contributed by atoms with Crippen molar-refractivity contribution in [3.05, 3.63) is 85.1 Å². The lowest BCUT2D eigenvalue weighted by atomic mass is 9.99. The summed E-state index contributed by atoms with van der Waals surface area (Å²) in [6, 6.07) is 15.9. The normalized spacial score (nSPS) is 11.4. The number of hydrogen-bond donors (Lipinski definition) is 2. The molecule has 0 amide bonds. The zero-order valence-corrected chi connectivity index (χ0v) is 21.6. The average Bonchev–Trinajstić information content (AvgIpc) is 3.45. The minimum atomic E-state index is -5.08. The molecule has 5 aromatic rings. The Morgan fingerprint density at radius 1 is 1.00 bits per heavy atom. The lowest BCUT2D eigenvalue weighted by molar-refractivity contribution is -0.192. The van der Waals surface area contributed by atoms with Crippen LogP contribution in [0.25, 0.3) is 33.3 Å². The number of carboxylic acids is 1. The summed E-state index contributed by atoms with van der Waals surface area (Å²) in [5.74, 6) is -2.87. The first kappa shape index (κ1) is 28.9. The third-order valence-electron chi connectivity index (χ3n) is 5.45. The number of benzene rings is 2. The number of alkyl halides is 3. The average molecular weight is 591 g/mol. The molecule has 0 unspecified atom stereocenters. The van der Waals surface area contributed by atoms with Crippen molar-refractivity contribution >= 4 is 32.6 Å². The van der Waals surface area contributed by atoms with Crippen LogP contribution in [-0.4, -0.2) is 47.9 Å². The van der Waals surface area contributed by atoms with E-state index in [2.05, 4.69) is 24.4 Å². The smallest absolute Gasteiger partial charge is 0.490 e. The molecule has 0 spiro atoms. The number of aliphatic carboxylic acids is 1. The van der Waals surface area contributed by atoms with Crippen molar-refractivity contribution in [2.24, 2.45) is 0 Å². The van der Waals surface area contributed by atoms with Gasteiger partial charge in [-0.15, -0.1) is 0 Å². The number of rotatable bonds is 6. The van der Waals surface area contributed by atoms with Gasteiger partial charge in [-0.3, -0.25) is 14.7 Å². The van der Waals surface area contributed by atoms with Gasteiger partial charge in [-0.1, -0.05) is 17.3 Å². The Kier molecular flexibility index (Phi) is 8.18. The highest BCUT2D eigenvalue weighted by Gasteiger charge is 2.38. The molecule has 0 aliphatic carbocycles. The van der Waals surface area contributed by atoms with E-state index < -0.39 is 28.0 Å². The van der Waals surface area contributed by atoms with Gasteiger partial charge in [-0.05, 0) is 41.8 Å². The van der Waals surface area contributed by atoms with Crippen LogP contribution < -0.4 is 9.46 Å². The van der Waals surface area contributed by atoms with Crippen molar-refractivity contribution in [1.82, 2.24) is 15.1 Å². The number of halogens is 4. The van der Waals surface area contributed by atoms with E-state index in [-0.39, 0.29) is 10.7 Å². The number of methoxy groups -OCH3 is 1. The maximum absolute atomic E-state index is 14.8. The van der Waals surface area contributed by atoms with E-state index >= 15 is 0 Å². The molecule has 2 aromatic carbocycles. The van der Waals surface area contributed by atoms with Gasteiger partial charge >= 0.3 is 12.1 Å². The van der Waals surface area contributed by atoms with E-state index in [0.29, 0.717) is 39.0 Å². The highest BCUT2D eigenvalue weighted by atomic mass is 32.2. The van der Waals surface area contributed by atoms with Crippen LogP contribution in [0.5, 0.6) is 5.75 Å². The van der Waals surface area contributed by atoms with Gasteiger partial charge in [0.15, 0.2) is 5.82 Å². The van der Waals surface area contributed by atoms with Gasteiger partial charge < -0.3 is 14.4 Å². The van der Waals surface area contributed by atoms with E-state index in [1.54, 1.807) is 48.8 Å². The Morgan fingerprint density at radius 3 is 2.37 bits per heavy atom. The molecule has 0 radical (unpaired) electrons. The zero-order valence-electron chi connectivity index (χ0n) is 20.8. The van der Waals surface area contributed by atoms with E-state index in [4.69, 9.17) is 14.6 Å². The van der Waals surface area contributed by atoms with Crippen molar-refractivity contribution < 1.29 is 45.1 Å². The number of nitrogens with one attached hydrogen (secondary N) is 1. The van der Waals surface area contributed by atoms with Gasteiger partial charge in [0.05, 0.1) is 23.4 Å². The SMILES string of the molecule is COc1cc(F)c(-c2ccccn2)cc1-c1nccc2cc(S(=O)(=O)Nc3ccon3)ccc12.O=C(O)C(F)(F)F. The van der Waals surface area contributed by atoms with Crippen LogP contribution in [-0.2, 0) is 14.8 Å². The number of carboxylic acid groups (broad SMARTS) is 1. The number of ether oxygens (including phenoxy) is 1. The second-order valence-electron chi connectivity index (χ2n) is 8.08. The molecule has 3 aromatic heterocycles. The fourth-order valence-corrected chi connectivity index (χ4v) is 4.65. The summed E-state index contributed by atoms with van der Waals surface area (Å²) in [6.07, 6.45) is -0.669. The summed E-state index contributed by atoms with van der Waals surface area (Å²) in [5, 5.41) is 12.0. The number of hydrogen-bond acceptors (Lipinski definition) is 8. The highest BCUT2D eigenvalue weighted by molar-refractivity contribution is 7.92. The molecule has 0 atom stereocenters. The monoisotopic (exact) mass is 590 g/mol. The highest BCUT2D eigenvalue weighted by Crippen LogP contribution is 2.38. The van der Waals surface area contributed by atoms with Crippen LogP contribution in [0.3, 0.4) is 0 Å². The Bertz CT molecular complexity index is 1800. The van der Waals surface area contributed by atoms with Crippen LogP contribution in [0.15, 0.2) is 88.7 Å². The van der Waals surface area contributed by atoms with Gasteiger partial charge in [0.1, 0.15) is 17.8 Å². The quantitative estimate of drug-likeness (QED) is 0.244. The first-order valence-electron chi connectivity index (χ1n) is 11.3. The molecular weight excluding hydrogens is 572 g/mol. The molecule has 0 saturated carbocycles. The third-order valence-corrected chi connectivity index (χ3v) is 6.80. The van der Waals surface area contributed by atoms with Gasteiger partial charge in [0.2, 0.25) is 0 Å². The summed E-state index contributed by atoms with van der Waals surface area (Å²) in [5.41, 5.74) is 1.83. The maximum Gasteiger partial charge on any atom is 0.490 e. The first-order valence-corrected chi connectivity index (χ1v) is 12.8. The third kappa shape index (κ3) is 6.58. The molecule has 2 N–H and O–H groups in total. The van der Waals surface area contributed by atoms with Crippen LogP contribution in [0, 0.1) is 5.82 Å². The molecule has 0 fully saturated rings. The number of aromatic nitrogens is 3.